The number of carbonyl (C=O) groups excluding carboxylic acids is 7. The summed E-state index contributed by atoms with van der Waals surface area (Å²) in [6, 6.07) is 4.18. The van der Waals surface area contributed by atoms with Gasteiger partial charge in [-0.15, -0.1) is 0 Å². The van der Waals surface area contributed by atoms with Crippen molar-refractivity contribution in [3.63, 3.8) is 0 Å². The van der Waals surface area contributed by atoms with Crippen molar-refractivity contribution in [2.75, 3.05) is 91.6 Å². The minimum absolute atomic E-state index is 0.0604. The van der Waals surface area contributed by atoms with Crippen LogP contribution in [-0.4, -0.2) is 285 Å². The Morgan fingerprint density at radius 2 is 0.885 bits per heavy atom. The predicted octanol–water partition coefficient (Wildman–Crippen LogP) is -2.03. The van der Waals surface area contributed by atoms with Crippen molar-refractivity contribution in [2.24, 2.45) is 11.8 Å². The minimum atomic E-state index is -1.58. The number of H-pyrrole nitrogens is 3. The van der Waals surface area contributed by atoms with Crippen LogP contribution >= 0.6 is 0 Å². The van der Waals surface area contributed by atoms with Gasteiger partial charge < -0.3 is 88.1 Å². The number of imidazole rings is 3. The molecule has 6 unspecified atom stereocenters. The van der Waals surface area contributed by atoms with Gasteiger partial charge in [0.2, 0.25) is 35.4 Å². The number of carboxylic acids is 6. The average molecular weight is 1450 g/mol. The van der Waals surface area contributed by atoms with Crippen LogP contribution in [0.5, 0.6) is 0 Å². The molecule has 0 bridgehead atoms. The third-order valence-corrected chi connectivity index (χ3v) is 18.0. The minimum Gasteiger partial charge on any atom is -0.481 e. The van der Waals surface area contributed by atoms with Gasteiger partial charge in [-0.2, -0.15) is 0 Å². The summed E-state index contributed by atoms with van der Waals surface area (Å²) in [7, 11) is 0. The van der Waals surface area contributed by atoms with E-state index in [0.717, 1.165) is 16.3 Å². The van der Waals surface area contributed by atoms with E-state index in [1.54, 1.807) is 19.6 Å². The summed E-state index contributed by atoms with van der Waals surface area (Å²) in [5.74, 6) is -11.9. The lowest BCUT2D eigenvalue weighted by Crippen LogP contribution is -2.59. The number of rotatable bonds is 39. The van der Waals surface area contributed by atoms with Crippen LogP contribution in [0.2, 0.25) is 0 Å². The SMILES string of the molecule is O=C(O)CCC(NC(=O)NC(CCCCNC(=O)C(Cc1ccc2ccccc2c1)NC(=O)C1CCC(CNC(=O)C(Cc2cnc[nH]2)NC(=O)C(Cc2cnc[nH]2)NC(=O)C(Cc2cnc[nH]2)NC(=O)CN2CCN(CC(=O)O)CCN(CC(=O)O)CCN(CC(=O)O)CC2)CC1)C(=O)O)C(=O)O. The fourth-order valence-electron chi connectivity index (χ4n) is 12.3. The van der Waals surface area contributed by atoms with Crippen molar-refractivity contribution in [3.8, 4) is 0 Å². The Balaban J connectivity index is 0.964. The first kappa shape index (κ1) is 80.4. The lowest BCUT2D eigenvalue weighted by atomic mass is 9.81. The van der Waals surface area contributed by atoms with Gasteiger partial charge in [-0.3, -0.25) is 67.5 Å². The molecule has 2 aliphatic rings. The maximum absolute atomic E-state index is 14.7. The number of fused-ring (bicyclic) bond motifs is 1. The number of unbranched alkanes of at least 4 members (excludes halogenated alkanes) is 1. The number of hydrogen-bond acceptors (Lipinski definition) is 20. The van der Waals surface area contributed by atoms with E-state index < -0.39 is 126 Å². The molecule has 6 atom stereocenters. The van der Waals surface area contributed by atoms with E-state index >= 15 is 0 Å². The van der Waals surface area contributed by atoms with Crippen LogP contribution in [0.25, 0.3) is 10.8 Å². The average Bonchev–Trinajstić information content (AvgIpc) is 1.02. The number of aromatic amines is 3. The molecule has 1 aliphatic carbocycles. The van der Waals surface area contributed by atoms with Gasteiger partial charge in [0.05, 0.1) is 45.2 Å². The van der Waals surface area contributed by atoms with Crippen LogP contribution in [0.15, 0.2) is 80.0 Å². The van der Waals surface area contributed by atoms with Crippen LogP contribution in [0.3, 0.4) is 0 Å². The van der Waals surface area contributed by atoms with Crippen LogP contribution in [0.4, 0.5) is 4.79 Å². The van der Waals surface area contributed by atoms with E-state index in [9.17, 15) is 87.9 Å². The highest BCUT2D eigenvalue weighted by Crippen LogP contribution is 2.29. The Hall–Kier alpha value is -10.9. The summed E-state index contributed by atoms with van der Waals surface area (Å²) < 4.78 is 0. The molecule has 104 heavy (non-hydrogen) atoms. The van der Waals surface area contributed by atoms with Gasteiger partial charge >= 0.3 is 41.8 Å². The van der Waals surface area contributed by atoms with Crippen molar-refractivity contribution in [1.29, 1.82) is 0 Å². The van der Waals surface area contributed by atoms with Crippen molar-refractivity contribution < 1.29 is 93.0 Å². The Bertz CT molecular complexity index is 3650. The van der Waals surface area contributed by atoms with E-state index in [-0.39, 0.29) is 148 Å². The Labute approximate surface area is 596 Å². The van der Waals surface area contributed by atoms with E-state index in [1.165, 1.54) is 37.6 Å². The molecular weight excluding hydrogens is 1360 g/mol. The lowest BCUT2D eigenvalue weighted by Gasteiger charge is -2.33. The standard InChI is InChI=1S/C67H92N18O19/c86-55(34-82-17-19-83(35-57(89)90)21-23-85(37-59(93)94)24-22-84(20-18-82)36-58(91)92)76-53(28-47-32-69-39-74-47)63(98)79-54(29-48-33-70-40-75-48)64(99)78-52(27-46-31-68-38-73-46)62(97)72-30-41-8-12-44(13-9-41)60(95)77-51(26-42-10-11-43-5-1-2-6-45(43)25-42)61(96)71-16-4-3-7-49(65(100)101)80-67(104)81-50(66(102)103)14-15-56(87)88/h1-2,5-6,10-11,25,31-33,38-41,44,49-54H,3-4,7-9,12-24,26-30,34-37H2,(H,68,73)(H,69,74)(H,70,75)(H,71,96)(H,72,97)(H,76,86)(H,77,95)(H,78,99)(H,79,98)(H,87,88)(H,89,90)(H,91,92)(H,93,94)(H,100,101)(H,102,103)(H2,80,81,104). The molecule has 3 aromatic heterocycles. The van der Waals surface area contributed by atoms with E-state index in [2.05, 4.69) is 72.4 Å². The topological polar surface area (TPSA) is 539 Å². The fraction of sp³-hybridized carbons (Fsp3) is 0.522. The van der Waals surface area contributed by atoms with E-state index in [4.69, 9.17) is 5.11 Å². The van der Waals surface area contributed by atoms with E-state index in [0.29, 0.717) is 42.8 Å². The second kappa shape index (κ2) is 41.2. The molecule has 2 aromatic carbocycles. The van der Waals surface area contributed by atoms with Gasteiger partial charge in [0.1, 0.15) is 36.3 Å². The molecule has 17 N–H and O–H groups in total. The maximum atomic E-state index is 14.7. The molecule has 8 amide bonds. The molecule has 37 heteroatoms. The molecule has 1 saturated carbocycles. The smallest absolute Gasteiger partial charge is 0.326 e. The molecule has 0 radical (unpaired) electrons. The highest BCUT2D eigenvalue weighted by atomic mass is 16.4. The number of urea groups is 1. The number of hydrogen-bond donors (Lipinski definition) is 17. The Morgan fingerprint density at radius 3 is 1.35 bits per heavy atom. The van der Waals surface area contributed by atoms with Crippen LogP contribution in [0, 0.1) is 11.8 Å². The van der Waals surface area contributed by atoms with Gasteiger partial charge in [-0.05, 0) is 73.6 Å². The molecule has 564 valence electrons. The highest BCUT2D eigenvalue weighted by Gasteiger charge is 2.35. The molecule has 37 nitrogen and oxygen atoms in total. The van der Waals surface area contributed by atoms with E-state index in [1.807, 2.05) is 42.5 Å². The highest BCUT2D eigenvalue weighted by molar-refractivity contribution is 5.95. The van der Waals surface area contributed by atoms with Gasteiger partial charge in [-0.1, -0.05) is 42.5 Å². The molecule has 1 aliphatic heterocycles. The summed E-state index contributed by atoms with van der Waals surface area (Å²) >= 11 is 0. The van der Waals surface area contributed by atoms with Crippen LogP contribution in [0.1, 0.15) is 80.4 Å². The Kier molecular flexibility index (Phi) is 31.9. The lowest BCUT2D eigenvalue weighted by molar-refractivity contribution is -0.141. The zero-order chi connectivity index (χ0) is 75.1. The molecule has 1 saturated heterocycles. The van der Waals surface area contributed by atoms with Gasteiger partial charge in [-0.25, -0.2) is 29.3 Å². The second-order valence-corrected chi connectivity index (χ2v) is 25.9. The first-order chi connectivity index (χ1) is 49.8. The number of carbonyl (C=O) groups is 13. The summed E-state index contributed by atoms with van der Waals surface area (Å²) in [6.45, 7) is -0.151. The third-order valence-electron chi connectivity index (χ3n) is 18.0. The monoisotopic (exact) mass is 1450 g/mol. The number of benzene rings is 2. The van der Waals surface area contributed by atoms with Gasteiger partial charge in [0.15, 0.2) is 0 Å². The largest absolute Gasteiger partial charge is 0.481 e. The van der Waals surface area contributed by atoms with Crippen molar-refractivity contribution in [1.82, 2.24) is 92.0 Å². The summed E-state index contributed by atoms with van der Waals surface area (Å²) in [4.78, 5) is 196. The zero-order valence-corrected chi connectivity index (χ0v) is 57.3. The third kappa shape index (κ3) is 28.1. The first-order valence-corrected chi connectivity index (χ1v) is 34.3. The summed E-state index contributed by atoms with van der Waals surface area (Å²) in [5.41, 5.74) is 2.11. The van der Waals surface area contributed by atoms with Gasteiger partial charge in [0.25, 0.3) is 0 Å². The quantitative estimate of drug-likeness (QED) is 0.0189. The second-order valence-electron chi connectivity index (χ2n) is 25.9. The van der Waals surface area contributed by atoms with Crippen molar-refractivity contribution >= 4 is 88.1 Å². The van der Waals surface area contributed by atoms with Crippen LogP contribution in [-0.2, 0) is 83.2 Å². The number of aromatic nitrogens is 6. The number of nitrogens with zero attached hydrogens (tertiary/aromatic N) is 7. The van der Waals surface area contributed by atoms with Crippen molar-refractivity contribution in [3.05, 3.63) is 103 Å². The number of amides is 8. The molecule has 5 aromatic rings. The zero-order valence-electron chi connectivity index (χ0n) is 57.3. The first-order valence-electron chi connectivity index (χ1n) is 34.3. The molecule has 0 spiro atoms. The van der Waals surface area contributed by atoms with Crippen molar-refractivity contribution in [2.45, 2.75) is 120 Å². The molecule has 4 heterocycles. The molecule has 2 fully saturated rings. The number of aliphatic carboxylic acids is 6. The van der Waals surface area contributed by atoms with Crippen LogP contribution < -0.4 is 42.5 Å². The summed E-state index contributed by atoms with van der Waals surface area (Å²) in [5, 5.41) is 80.5. The normalized spacial score (nSPS) is 17.5. The number of nitrogens with one attached hydrogen (secondary N) is 11. The number of carboxylic acid groups (broad SMARTS) is 6. The molecular formula is C67H92N18O19. The predicted molar refractivity (Wildman–Crippen MR) is 368 cm³/mol. The Morgan fingerprint density at radius 1 is 0.442 bits per heavy atom. The summed E-state index contributed by atoms with van der Waals surface area (Å²) in [6.07, 6.45) is 9.43. The fourth-order valence-corrected chi connectivity index (χ4v) is 12.3. The molecule has 7 rings (SSSR count). The maximum Gasteiger partial charge on any atom is 0.326 e. The van der Waals surface area contributed by atoms with Gasteiger partial charge in [0, 0.05) is 139 Å².